The fourth-order valence-electron chi connectivity index (χ4n) is 3.16. The molecule has 10 heteroatoms. The number of furan rings is 1. The average Bonchev–Trinajstić information content (AvgIpc) is 3.36. The number of carbonyl (C=O) groups excluding carboxylic acids is 3. The minimum atomic E-state index is -0.747. The number of methoxy groups -OCH3 is 1. The largest absolute Gasteiger partial charge is 0.496 e. The zero-order valence-electron chi connectivity index (χ0n) is 18.2. The van der Waals surface area contributed by atoms with E-state index in [2.05, 4.69) is 15.5 Å². The van der Waals surface area contributed by atoms with Gasteiger partial charge >= 0.3 is 5.97 Å². The summed E-state index contributed by atoms with van der Waals surface area (Å²) in [4.78, 5) is 41.0. The Morgan fingerprint density at radius 2 is 1.91 bits per heavy atom. The number of carbonyl (C=O) groups is 3. The molecule has 0 aliphatic carbocycles. The summed E-state index contributed by atoms with van der Waals surface area (Å²) in [6, 6.07) is 7.22. The topological polar surface area (TPSA) is 134 Å². The maximum atomic E-state index is 12.5. The van der Waals surface area contributed by atoms with Gasteiger partial charge in [0.25, 0.3) is 0 Å². The van der Waals surface area contributed by atoms with Gasteiger partial charge in [0.2, 0.25) is 23.5 Å². The normalized spacial score (nSPS) is 10.6. The summed E-state index contributed by atoms with van der Waals surface area (Å²) < 4.78 is 21.0. The van der Waals surface area contributed by atoms with E-state index in [1.165, 1.54) is 13.8 Å². The Labute approximate surface area is 183 Å². The molecule has 2 aromatic heterocycles. The first-order valence-electron chi connectivity index (χ1n) is 9.92. The number of rotatable bonds is 9. The minimum absolute atomic E-state index is 0.0228. The van der Waals surface area contributed by atoms with Gasteiger partial charge in [-0.3, -0.25) is 14.9 Å². The fourth-order valence-corrected chi connectivity index (χ4v) is 3.16. The van der Waals surface area contributed by atoms with Crippen LogP contribution in [0.5, 0.6) is 5.75 Å². The number of ether oxygens (including phenoxy) is 2. The molecule has 0 aliphatic heterocycles. The lowest BCUT2D eigenvalue weighted by molar-refractivity contribution is -0.116. The minimum Gasteiger partial charge on any atom is -0.496 e. The van der Waals surface area contributed by atoms with Gasteiger partial charge < -0.3 is 18.4 Å². The number of esters is 1. The van der Waals surface area contributed by atoms with E-state index < -0.39 is 11.9 Å². The molecule has 3 rings (SSSR count). The van der Waals surface area contributed by atoms with E-state index in [0.717, 1.165) is 0 Å². The SMILES string of the molecule is CCOC(=O)c1c(NC(=O)CCc2nc(-c3ccccc3OC)no2)oc(C)c1C(C)=O. The molecule has 1 amide bonds. The van der Waals surface area contributed by atoms with E-state index >= 15 is 0 Å². The molecule has 0 saturated carbocycles. The highest BCUT2D eigenvalue weighted by molar-refractivity contribution is 6.10. The van der Waals surface area contributed by atoms with Crippen LogP contribution in [-0.4, -0.2) is 41.5 Å². The molecule has 3 aromatic rings. The number of hydrogen-bond donors (Lipinski definition) is 1. The van der Waals surface area contributed by atoms with Crippen LogP contribution in [0.15, 0.2) is 33.2 Å². The molecule has 0 bridgehead atoms. The third-order valence-corrected chi connectivity index (χ3v) is 4.55. The summed E-state index contributed by atoms with van der Waals surface area (Å²) in [6.07, 6.45) is 0.132. The Kier molecular flexibility index (Phi) is 7.04. The van der Waals surface area contributed by atoms with Crippen molar-refractivity contribution in [1.29, 1.82) is 0 Å². The van der Waals surface area contributed by atoms with Crippen molar-refractivity contribution in [1.82, 2.24) is 10.1 Å². The van der Waals surface area contributed by atoms with E-state index in [0.29, 0.717) is 17.1 Å². The Balaban J connectivity index is 1.71. The van der Waals surface area contributed by atoms with E-state index in [-0.39, 0.29) is 53.9 Å². The standard InChI is InChI=1S/C22H23N3O7/c1-5-30-22(28)19-18(12(2)26)13(3)31-21(19)23-16(27)10-11-17-24-20(25-32-17)14-8-6-7-9-15(14)29-4/h6-9H,5,10-11H2,1-4H3,(H,23,27). The number of amides is 1. The lowest BCUT2D eigenvalue weighted by atomic mass is 10.1. The van der Waals surface area contributed by atoms with Crippen molar-refractivity contribution in [2.75, 3.05) is 19.0 Å². The Bertz CT molecular complexity index is 1150. The van der Waals surface area contributed by atoms with E-state index in [9.17, 15) is 14.4 Å². The molecule has 0 saturated heterocycles. The van der Waals surface area contributed by atoms with Crippen LogP contribution >= 0.6 is 0 Å². The third kappa shape index (κ3) is 4.85. The highest BCUT2D eigenvalue weighted by atomic mass is 16.5. The van der Waals surface area contributed by atoms with Gasteiger partial charge in [0.05, 0.1) is 24.8 Å². The van der Waals surface area contributed by atoms with Gasteiger partial charge in [0.15, 0.2) is 5.78 Å². The molecule has 0 aliphatic rings. The third-order valence-electron chi connectivity index (χ3n) is 4.55. The number of aryl methyl sites for hydroxylation is 2. The van der Waals surface area contributed by atoms with Gasteiger partial charge in [-0.05, 0) is 32.9 Å². The summed E-state index contributed by atoms with van der Waals surface area (Å²) in [7, 11) is 1.54. The molecule has 1 aromatic carbocycles. The van der Waals surface area contributed by atoms with Crippen LogP contribution < -0.4 is 10.1 Å². The highest BCUT2D eigenvalue weighted by Crippen LogP contribution is 2.29. The van der Waals surface area contributed by atoms with Gasteiger partial charge in [0.1, 0.15) is 17.1 Å². The van der Waals surface area contributed by atoms with Gasteiger partial charge in [-0.2, -0.15) is 4.98 Å². The Hall–Kier alpha value is -3.95. The lowest BCUT2D eigenvalue weighted by Crippen LogP contribution is -2.16. The van der Waals surface area contributed by atoms with Crippen LogP contribution in [0.3, 0.4) is 0 Å². The molecule has 0 radical (unpaired) electrons. The van der Waals surface area contributed by atoms with E-state index in [1.807, 2.05) is 12.1 Å². The molecular formula is C22H23N3O7. The number of para-hydroxylation sites is 1. The first kappa shape index (κ1) is 22.7. The van der Waals surface area contributed by atoms with Gasteiger partial charge in [-0.1, -0.05) is 17.3 Å². The number of nitrogens with zero attached hydrogens (tertiary/aromatic N) is 2. The van der Waals surface area contributed by atoms with Crippen molar-refractivity contribution in [2.24, 2.45) is 0 Å². The van der Waals surface area contributed by atoms with Crippen molar-refractivity contribution in [3.05, 3.63) is 47.0 Å². The highest BCUT2D eigenvalue weighted by Gasteiger charge is 2.28. The lowest BCUT2D eigenvalue weighted by Gasteiger charge is -2.05. The van der Waals surface area contributed by atoms with E-state index in [4.69, 9.17) is 18.4 Å². The average molecular weight is 441 g/mol. The second-order valence-corrected chi connectivity index (χ2v) is 6.77. The van der Waals surface area contributed by atoms with Crippen molar-refractivity contribution in [2.45, 2.75) is 33.6 Å². The Morgan fingerprint density at radius 1 is 1.16 bits per heavy atom. The molecule has 2 heterocycles. The molecule has 10 nitrogen and oxygen atoms in total. The molecule has 1 N–H and O–H groups in total. The molecule has 32 heavy (non-hydrogen) atoms. The van der Waals surface area contributed by atoms with Crippen LogP contribution in [0, 0.1) is 6.92 Å². The van der Waals surface area contributed by atoms with Crippen molar-refractivity contribution < 1.29 is 32.8 Å². The number of Topliss-reactive ketones (excluding diaryl/α,β-unsaturated/α-hetero) is 1. The van der Waals surface area contributed by atoms with Crippen molar-refractivity contribution in [3.63, 3.8) is 0 Å². The predicted octanol–water partition coefficient (Wildman–Crippen LogP) is 3.60. The maximum absolute atomic E-state index is 12.5. The van der Waals surface area contributed by atoms with Crippen LogP contribution in [0.1, 0.15) is 52.6 Å². The summed E-state index contributed by atoms with van der Waals surface area (Å²) in [6.45, 7) is 4.59. The molecule has 0 spiro atoms. The van der Waals surface area contributed by atoms with Crippen LogP contribution in [0.25, 0.3) is 11.4 Å². The number of hydrogen-bond acceptors (Lipinski definition) is 9. The molecule has 0 fully saturated rings. The number of nitrogens with one attached hydrogen (secondary N) is 1. The van der Waals surface area contributed by atoms with E-state index in [1.54, 1.807) is 26.2 Å². The maximum Gasteiger partial charge on any atom is 0.344 e. The fraction of sp³-hybridized carbons (Fsp3) is 0.318. The molecule has 168 valence electrons. The summed E-state index contributed by atoms with van der Waals surface area (Å²) in [5.74, 6) is -0.296. The number of anilines is 1. The van der Waals surface area contributed by atoms with Gasteiger partial charge in [-0.15, -0.1) is 0 Å². The predicted molar refractivity (Wildman–Crippen MR) is 113 cm³/mol. The molecule has 0 unspecified atom stereocenters. The number of benzene rings is 1. The second-order valence-electron chi connectivity index (χ2n) is 6.77. The summed E-state index contributed by atoms with van der Waals surface area (Å²) in [5.41, 5.74) is 0.648. The summed E-state index contributed by atoms with van der Waals surface area (Å²) >= 11 is 0. The first-order valence-corrected chi connectivity index (χ1v) is 9.92. The zero-order valence-corrected chi connectivity index (χ0v) is 18.2. The van der Waals surface area contributed by atoms with Crippen LogP contribution in [-0.2, 0) is 16.0 Å². The van der Waals surface area contributed by atoms with Crippen molar-refractivity contribution in [3.8, 4) is 17.1 Å². The van der Waals surface area contributed by atoms with Crippen molar-refractivity contribution >= 4 is 23.5 Å². The Morgan fingerprint density at radius 3 is 2.59 bits per heavy atom. The zero-order chi connectivity index (χ0) is 23.3. The number of aromatic nitrogens is 2. The first-order chi connectivity index (χ1) is 15.3. The molecule has 0 atom stereocenters. The summed E-state index contributed by atoms with van der Waals surface area (Å²) in [5, 5.41) is 6.46. The van der Waals surface area contributed by atoms with Crippen LogP contribution in [0.2, 0.25) is 0 Å². The smallest absolute Gasteiger partial charge is 0.344 e. The van der Waals surface area contributed by atoms with Crippen LogP contribution in [0.4, 0.5) is 5.88 Å². The quantitative estimate of drug-likeness (QED) is 0.390. The molecular weight excluding hydrogens is 418 g/mol. The van der Waals surface area contributed by atoms with Gasteiger partial charge in [-0.25, -0.2) is 4.79 Å². The monoisotopic (exact) mass is 441 g/mol. The second kappa shape index (κ2) is 9.90. The number of ketones is 1. The van der Waals surface area contributed by atoms with Gasteiger partial charge in [0, 0.05) is 12.8 Å².